The largest absolute Gasteiger partial charge is 0.480 e. The van der Waals surface area contributed by atoms with Crippen molar-refractivity contribution in [1.82, 2.24) is 4.90 Å². The first kappa shape index (κ1) is 13.0. The standard InChI is InChI=1S/C13H15NO3S2/c15-12(14-7-18-6-9(14)13(16)17)11-5-8-3-1-2-4-10(8)19-11/h5,9H,1-4,6-7H2,(H,16,17). The van der Waals surface area contributed by atoms with Gasteiger partial charge in [0.1, 0.15) is 6.04 Å². The Bertz CT molecular complexity index is 502. The summed E-state index contributed by atoms with van der Waals surface area (Å²) in [7, 11) is 0. The Labute approximate surface area is 119 Å². The third-order valence-electron chi connectivity index (χ3n) is 3.64. The van der Waals surface area contributed by atoms with Crippen LogP contribution in [0.3, 0.4) is 0 Å². The van der Waals surface area contributed by atoms with Crippen molar-refractivity contribution in [3.8, 4) is 0 Å². The summed E-state index contributed by atoms with van der Waals surface area (Å²) in [6, 6.07) is 1.31. The maximum Gasteiger partial charge on any atom is 0.327 e. The van der Waals surface area contributed by atoms with Gasteiger partial charge in [0.15, 0.2) is 0 Å². The first-order valence-electron chi connectivity index (χ1n) is 6.40. The minimum atomic E-state index is -0.903. The fourth-order valence-electron chi connectivity index (χ4n) is 2.58. The van der Waals surface area contributed by atoms with Crippen molar-refractivity contribution in [2.75, 3.05) is 11.6 Å². The number of rotatable bonds is 2. The molecule has 1 N–H and O–H groups in total. The Morgan fingerprint density at radius 3 is 2.84 bits per heavy atom. The van der Waals surface area contributed by atoms with E-state index in [4.69, 9.17) is 5.11 Å². The first-order chi connectivity index (χ1) is 9.16. The lowest BCUT2D eigenvalue weighted by Gasteiger charge is -2.19. The second-order valence-electron chi connectivity index (χ2n) is 4.90. The van der Waals surface area contributed by atoms with Crippen molar-refractivity contribution in [3.63, 3.8) is 0 Å². The van der Waals surface area contributed by atoms with E-state index in [1.807, 2.05) is 6.07 Å². The SMILES string of the molecule is O=C(O)C1CSCN1C(=O)c1cc2c(s1)CCCC2. The summed E-state index contributed by atoms with van der Waals surface area (Å²) in [5, 5.41) is 9.14. The van der Waals surface area contributed by atoms with Gasteiger partial charge in [-0.15, -0.1) is 23.1 Å². The van der Waals surface area contributed by atoms with Gasteiger partial charge in [-0.05, 0) is 37.3 Å². The number of nitrogens with zero attached hydrogens (tertiary/aromatic N) is 1. The molecule has 3 rings (SSSR count). The summed E-state index contributed by atoms with van der Waals surface area (Å²) in [6.45, 7) is 0. The maximum absolute atomic E-state index is 12.4. The highest BCUT2D eigenvalue weighted by Crippen LogP contribution is 2.32. The number of aliphatic carboxylic acids is 1. The van der Waals surface area contributed by atoms with Crippen LogP contribution in [0.2, 0.25) is 0 Å². The number of fused-ring (bicyclic) bond motifs is 1. The lowest BCUT2D eigenvalue weighted by Crippen LogP contribution is -2.41. The number of thioether (sulfide) groups is 1. The zero-order valence-corrected chi connectivity index (χ0v) is 12.1. The van der Waals surface area contributed by atoms with E-state index in [2.05, 4.69) is 0 Å². The van der Waals surface area contributed by atoms with E-state index >= 15 is 0 Å². The Kier molecular flexibility index (Phi) is 3.54. The molecule has 0 bridgehead atoms. The van der Waals surface area contributed by atoms with Crippen molar-refractivity contribution in [3.05, 3.63) is 21.4 Å². The molecule has 0 saturated carbocycles. The van der Waals surface area contributed by atoms with Gasteiger partial charge >= 0.3 is 5.97 Å². The molecule has 0 radical (unpaired) electrons. The van der Waals surface area contributed by atoms with E-state index in [0.717, 1.165) is 12.8 Å². The number of amides is 1. The minimum Gasteiger partial charge on any atom is -0.480 e. The predicted molar refractivity (Wildman–Crippen MR) is 75.9 cm³/mol. The van der Waals surface area contributed by atoms with Crippen LogP contribution in [0, 0.1) is 0 Å². The zero-order chi connectivity index (χ0) is 13.4. The van der Waals surface area contributed by atoms with Gasteiger partial charge in [0, 0.05) is 10.6 Å². The van der Waals surface area contributed by atoms with E-state index in [-0.39, 0.29) is 5.91 Å². The normalized spacial score (nSPS) is 22.3. The van der Waals surface area contributed by atoms with Gasteiger partial charge in [-0.3, -0.25) is 4.79 Å². The maximum atomic E-state index is 12.4. The minimum absolute atomic E-state index is 0.114. The summed E-state index contributed by atoms with van der Waals surface area (Å²) < 4.78 is 0. The molecule has 1 aliphatic carbocycles. The third kappa shape index (κ3) is 2.39. The Morgan fingerprint density at radius 2 is 2.11 bits per heavy atom. The first-order valence-corrected chi connectivity index (χ1v) is 8.37. The lowest BCUT2D eigenvalue weighted by molar-refractivity contribution is -0.140. The molecule has 2 heterocycles. The molecule has 1 amide bonds. The monoisotopic (exact) mass is 297 g/mol. The molecule has 6 heteroatoms. The van der Waals surface area contributed by atoms with E-state index in [0.29, 0.717) is 16.5 Å². The van der Waals surface area contributed by atoms with Crippen LogP contribution in [0.15, 0.2) is 6.07 Å². The molecule has 1 aromatic rings. The van der Waals surface area contributed by atoms with Crippen LogP contribution in [-0.4, -0.2) is 39.6 Å². The van der Waals surface area contributed by atoms with E-state index in [1.165, 1.54) is 39.9 Å². The van der Waals surface area contributed by atoms with Crippen LogP contribution >= 0.6 is 23.1 Å². The van der Waals surface area contributed by atoms with E-state index in [1.54, 1.807) is 11.3 Å². The van der Waals surface area contributed by atoms with Crippen LogP contribution < -0.4 is 0 Å². The van der Waals surface area contributed by atoms with Crippen molar-refractivity contribution in [2.45, 2.75) is 31.7 Å². The summed E-state index contributed by atoms with van der Waals surface area (Å²) >= 11 is 3.06. The molecular formula is C13H15NO3S2. The van der Waals surface area contributed by atoms with E-state index in [9.17, 15) is 9.59 Å². The molecule has 1 fully saturated rings. The molecule has 1 aliphatic heterocycles. The van der Waals surface area contributed by atoms with Gasteiger partial charge in [0.25, 0.3) is 5.91 Å². The molecule has 102 valence electrons. The topological polar surface area (TPSA) is 57.6 Å². The number of aryl methyl sites for hydroxylation is 2. The summed E-state index contributed by atoms with van der Waals surface area (Å²) in [5.74, 6) is -0.0404. The number of carboxylic acids is 1. The van der Waals surface area contributed by atoms with Crippen molar-refractivity contribution in [1.29, 1.82) is 0 Å². The van der Waals surface area contributed by atoms with Gasteiger partial charge in [-0.1, -0.05) is 0 Å². The van der Waals surface area contributed by atoms with Gasteiger partial charge in [0.2, 0.25) is 0 Å². The Hall–Kier alpha value is -1.01. The van der Waals surface area contributed by atoms with Crippen molar-refractivity contribution < 1.29 is 14.7 Å². The van der Waals surface area contributed by atoms with Gasteiger partial charge in [0.05, 0.1) is 10.8 Å². The summed E-state index contributed by atoms with van der Waals surface area (Å²) in [6.07, 6.45) is 4.49. The number of carbonyl (C=O) groups is 2. The number of carbonyl (C=O) groups excluding carboxylic acids is 1. The molecular weight excluding hydrogens is 282 g/mol. The highest BCUT2D eigenvalue weighted by Gasteiger charge is 2.35. The molecule has 1 aromatic heterocycles. The smallest absolute Gasteiger partial charge is 0.327 e. The molecule has 2 aliphatic rings. The Balaban J connectivity index is 1.83. The average molecular weight is 297 g/mol. The molecule has 19 heavy (non-hydrogen) atoms. The molecule has 0 aromatic carbocycles. The van der Waals surface area contributed by atoms with Crippen molar-refractivity contribution in [2.24, 2.45) is 0 Å². The van der Waals surface area contributed by atoms with Crippen LogP contribution in [0.5, 0.6) is 0 Å². The highest BCUT2D eigenvalue weighted by molar-refractivity contribution is 7.99. The predicted octanol–water partition coefficient (Wildman–Crippen LogP) is 2.23. The van der Waals surface area contributed by atoms with Crippen molar-refractivity contribution >= 4 is 35.0 Å². The van der Waals surface area contributed by atoms with Crippen LogP contribution in [0.4, 0.5) is 0 Å². The van der Waals surface area contributed by atoms with Crippen LogP contribution in [0.25, 0.3) is 0 Å². The van der Waals surface area contributed by atoms with Gasteiger partial charge < -0.3 is 10.0 Å². The fourth-order valence-corrected chi connectivity index (χ4v) is 4.94. The highest BCUT2D eigenvalue weighted by atomic mass is 32.2. The number of hydrogen-bond donors (Lipinski definition) is 1. The van der Waals surface area contributed by atoms with Gasteiger partial charge in [-0.25, -0.2) is 4.79 Å². The number of hydrogen-bond acceptors (Lipinski definition) is 4. The molecule has 1 saturated heterocycles. The quantitative estimate of drug-likeness (QED) is 0.909. The molecule has 4 nitrogen and oxygen atoms in total. The third-order valence-corrected chi connectivity index (χ3v) is 5.87. The second-order valence-corrected chi connectivity index (χ2v) is 7.03. The van der Waals surface area contributed by atoms with Crippen LogP contribution in [0.1, 0.15) is 33.0 Å². The molecule has 1 unspecified atom stereocenters. The average Bonchev–Trinajstić information content (AvgIpc) is 3.04. The number of carboxylic acid groups (broad SMARTS) is 1. The van der Waals surface area contributed by atoms with E-state index < -0.39 is 12.0 Å². The zero-order valence-electron chi connectivity index (χ0n) is 10.4. The molecule has 1 atom stereocenters. The number of thiophene rings is 1. The second kappa shape index (κ2) is 5.17. The van der Waals surface area contributed by atoms with Gasteiger partial charge in [-0.2, -0.15) is 0 Å². The molecule has 0 spiro atoms. The van der Waals surface area contributed by atoms with Crippen LogP contribution in [-0.2, 0) is 17.6 Å². The Morgan fingerprint density at radius 1 is 1.32 bits per heavy atom. The summed E-state index contributed by atoms with van der Waals surface area (Å²) in [4.78, 5) is 27.1. The summed E-state index contributed by atoms with van der Waals surface area (Å²) in [5.41, 5.74) is 1.29. The fraction of sp³-hybridized carbons (Fsp3) is 0.538. The lowest BCUT2D eigenvalue weighted by atomic mass is 9.99.